The van der Waals surface area contributed by atoms with Crippen LogP contribution in [0.2, 0.25) is 0 Å². The molecular weight excluding hydrogens is 208 g/mol. The van der Waals surface area contributed by atoms with Gasteiger partial charge in [0.15, 0.2) is 0 Å². The number of hydrogen-bond donors (Lipinski definition) is 2. The van der Waals surface area contributed by atoms with Crippen LogP contribution in [0.3, 0.4) is 0 Å². The lowest BCUT2D eigenvalue weighted by Gasteiger charge is -2.17. The van der Waals surface area contributed by atoms with Crippen LogP contribution in [-0.2, 0) is 24.1 Å². The lowest BCUT2D eigenvalue weighted by molar-refractivity contribution is -0.136. The van der Waals surface area contributed by atoms with Gasteiger partial charge in [-0.25, -0.2) is 4.79 Å². The highest BCUT2D eigenvalue weighted by Gasteiger charge is 2.16. The molecule has 0 bridgehead atoms. The third-order valence-corrected chi connectivity index (χ3v) is 2.89. The first-order valence-corrected chi connectivity index (χ1v) is 5.49. The molecule has 1 aromatic heterocycles. The van der Waals surface area contributed by atoms with Gasteiger partial charge in [0, 0.05) is 12.1 Å². The molecule has 1 aliphatic carbocycles. The average molecular weight is 222 g/mol. The Bertz CT molecular complexity index is 465. The number of hydrogen-bond acceptors (Lipinski definition) is 3. The van der Waals surface area contributed by atoms with Crippen molar-refractivity contribution in [1.82, 2.24) is 9.97 Å². The van der Waals surface area contributed by atoms with Crippen molar-refractivity contribution in [2.75, 3.05) is 0 Å². The molecule has 0 spiro atoms. The molecular formula is C11H14N2O3. The Hall–Kier alpha value is -1.65. The maximum Gasteiger partial charge on any atom is 0.345 e. The van der Waals surface area contributed by atoms with Gasteiger partial charge in [-0.3, -0.25) is 4.79 Å². The van der Waals surface area contributed by atoms with E-state index < -0.39 is 5.97 Å². The Labute approximate surface area is 92.5 Å². The molecule has 86 valence electrons. The Morgan fingerprint density at radius 1 is 1.38 bits per heavy atom. The summed E-state index contributed by atoms with van der Waals surface area (Å²) in [5.41, 5.74) is 2.32. The smallest absolute Gasteiger partial charge is 0.345 e. The molecule has 0 amide bonds. The fraction of sp³-hybridized carbons (Fsp3) is 0.545. The highest BCUT2D eigenvalue weighted by molar-refractivity contribution is 5.67. The number of aromatic amines is 1. The largest absolute Gasteiger partial charge is 0.481 e. The van der Waals surface area contributed by atoms with Crippen LogP contribution in [0.4, 0.5) is 0 Å². The monoisotopic (exact) mass is 222 g/mol. The molecule has 0 atom stereocenters. The van der Waals surface area contributed by atoms with Gasteiger partial charge in [-0.05, 0) is 31.2 Å². The first-order valence-electron chi connectivity index (χ1n) is 5.49. The molecule has 2 N–H and O–H groups in total. The van der Waals surface area contributed by atoms with Gasteiger partial charge in [0.25, 0.3) is 0 Å². The van der Waals surface area contributed by atoms with Crippen molar-refractivity contribution >= 4 is 5.97 Å². The van der Waals surface area contributed by atoms with E-state index in [9.17, 15) is 9.59 Å². The van der Waals surface area contributed by atoms with E-state index in [-0.39, 0.29) is 12.1 Å². The molecule has 2 rings (SSSR count). The van der Waals surface area contributed by atoms with Crippen molar-refractivity contribution in [2.45, 2.75) is 38.5 Å². The van der Waals surface area contributed by atoms with Gasteiger partial charge >= 0.3 is 11.7 Å². The van der Waals surface area contributed by atoms with E-state index >= 15 is 0 Å². The molecule has 0 saturated heterocycles. The van der Waals surface area contributed by atoms with Gasteiger partial charge in [-0.1, -0.05) is 0 Å². The minimum absolute atomic E-state index is 0.0306. The van der Waals surface area contributed by atoms with Crippen LogP contribution >= 0.6 is 0 Å². The quantitative estimate of drug-likeness (QED) is 0.787. The number of aryl methyl sites for hydroxylation is 2. The molecule has 1 heterocycles. The summed E-state index contributed by atoms with van der Waals surface area (Å²) < 4.78 is 0. The summed E-state index contributed by atoms with van der Waals surface area (Å²) >= 11 is 0. The number of nitrogens with zero attached hydrogens (tertiary/aromatic N) is 1. The molecule has 1 aromatic rings. The summed E-state index contributed by atoms with van der Waals surface area (Å²) in [6, 6.07) is 0. The van der Waals surface area contributed by atoms with E-state index in [0.29, 0.717) is 12.1 Å². The Balaban J connectivity index is 2.32. The van der Waals surface area contributed by atoms with Crippen LogP contribution in [0.15, 0.2) is 4.79 Å². The lowest BCUT2D eigenvalue weighted by atomic mass is 9.93. The number of H-pyrrole nitrogens is 1. The SMILES string of the molecule is O=C(O)CCc1nc(=O)[nH]c2c1CCCC2. The standard InChI is InChI=1S/C11H14N2O3/c14-10(15)6-5-9-7-3-1-2-4-8(7)12-11(16)13-9/h1-6H2,(H,14,15)(H,12,13,16). The average Bonchev–Trinajstić information content (AvgIpc) is 2.25. The predicted molar refractivity (Wildman–Crippen MR) is 57.5 cm³/mol. The van der Waals surface area contributed by atoms with E-state index in [4.69, 9.17) is 5.11 Å². The number of carboxylic acid groups (broad SMARTS) is 1. The molecule has 5 heteroatoms. The first kappa shape index (κ1) is 10.9. The maximum atomic E-state index is 11.3. The third-order valence-electron chi connectivity index (χ3n) is 2.89. The Morgan fingerprint density at radius 2 is 2.12 bits per heavy atom. The zero-order valence-electron chi connectivity index (χ0n) is 8.95. The number of rotatable bonds is 3. The second-order valence-electron chi connectivity index (χ2n) is 4.05. The Morgan fingerprint density at radius 3 is 2.88 bits per heavy atom. The van der Waals surface area contributed by atoms with Crippen molar-refractivity contribution in [1.29, 1.82) is 0 Å². The zero-order chi connectivity index (χ0) is 11.5. The van der Waals surface area contributed by atoms with Crippen molar-refractivity contribution in [3.8, 4) is 0 Å². The maximum absolute atomic E-state index is 11.3. The summed E-state index contributed by atoms with van der Waals surface area (Å²) in [7, 11) is 0. The molecule has 1 aliphatic rings. The normalized spacial score (nSPS) is 14.5. The van der Waals surface area contributed by atoms with E-state index in [1.165, 1.54) is 0 Å². The predicted octanol–water partition coefficient (Wildman–Crippen LogP) is 0.666. The molecule has 0 radical (unpaired) electrons. The highest BCUT2D eigenvalue weighted by atomic mass is 16.4. The first-order chi connectivity index (χ1) is 7.66. The van der Waals surface area contributed by atoms with Gasteiger partial charge < -0.3 is 10.1 Å². The minimum Gasteiger partial charge on any atom is -0.481 e. The van der Waals surface area contributed by atoms with Crippen molar-refractivity contribution < 1.29 is 9.90 Å². The fourth-order valence-electron chi connectivity index (χ4n) is 2.14. The van der Waals surface area contributed by atoms with E-state index in [0.717, 1.165) is 36.9 Å². The summed E-state index contributed by atoms with van der Waals surface area (Å²) in [6.07, 6.45) is 4.30. The van der Waals surface area contributed by atoms with Gasteiger partial charge in [0.1, 0.15) is 0 Å². The van der Waals surface area contributed by atoms with Gasteiger partial charge in [0.05, 0.1) is 12.1 Å². The number of carbonyl (C=O) groups is 1. The van der Waals surface area contributed by atoms with Crippen molar-refractivity contribution in [2.24, 2.45) is 0 Å². The van der Waals surface area contributed by atoms with Crippen molar-refractivity contribution in [3.05, 3.63) is 27.4 Å². The van der Waals surface area contributed by atoms with Crippen molar-refractivity contribution in [3.63, 3.8) is 0 Å². The van der Waals surface area contributed by atoms with Crippen LogP contribution < -0.4 is 5.69 Å². The lowest BCUT2D eigenvalue weighted by Crippen LogP contribution is -2.22. The van der Waals surface area contributed by atoms with Gasteiger partial charge in [-0.2, -0.15) is 4.98 Å². The third kappa shape index (κ3) is 2.29. The van der Waals surface area contributed by atoms with Crippen LogP contribution in [0, 0.1) is 0 Å². The number of nitrogens with one attached hydrogen (secondary N) is 1. The van der Waals surface area contributed by atoms with Gasteiger partial charge in [0.2, 0.25) is 0 Å². The summed E-state index contributed by atoms with van der Waals surface area (Å²) in [4.78, 5) is 28.4. The Kier molecular flexibility index (Phi) is 3.03. The molecule has 0 unspecified atom stereocenters. The number of aromatic nitrogens is 2. The summed E-state index contributed by atoms with van der Waals surface area (Å²) in [5.74, 6) is -0.855. The van der Waals surface area contributed by atoms with E-state index in [1.807, 2.05) is 0 Å². The minimum atomic E-state index is -0.855. The molecule has 16 heavy (non-hydrogen) atoms. The number of aliphatic carboxylic acids is 1. The van der Waals surface area contributed by atoms with Crippen LogP contribution in [0.1, 0.15) is 36.2 Å². The fourth-order valence-corrected chi connectivity index (χ4v) is 2.14. The number of carboxylic acids is 1. The topological polar surface area (TPSA) is 83.0 Å². The molecule has 0 fully saturated rings. The second kappa shape index (κ2) is 4.47. The van der Waals surface area contributed by atoms with Gasteiger partial charge in [-0.15, -0.1) is 0 Å². The van der Waals surface area contributed by atoms with E-state index in [1.54, 1.807) is 0 Å². The second-order valence-corrected chi connectivity index (χ2v) is 4.05. The summed E-state index contributed by atoms with van der Waals surface area (Å²) in [6.45, 7) is 0. The highest BCUT2D eigenvalue weighted by Crippen LogP contribution is 2.21. The van der Waals surface area contributed by atoms with Crippen LogP contribution in [0.25, 0.3) is 0 Å². The van der Waals surface area contributed by atoms with E-state index in [2.05, 4.69) is 9.97 Å². The molecule has 5 nitrogen and oxygen atoms in total. The van der Waals surface area contributed by atoms with Crippen LogP contribution in [0.5, 0.6) is 0 Å². The number of fused-ring (bicyclic) bond motifs is 1. The summed E-state index contributed by atoms with van der Waals surface area (Å²) in [5, 5.41) is 8.63. The van der Waals surface area contributed by atoms with Crippen LogP contribution in [-0.4, -0.2) is 21.0 Å². The molecule has 0 aromatic carbocycles. The zero-order valence-corrected chi connectivity index (χ0v) is 8.95. The molecule has 0 aliphatic heterocycles. The molecule has 0 saturated carbocycles.